The van der Waals surface area contributed by atoms with Gasteiger partial charge in [-0.15, -0.1) is 0 Å². The van der Waals surface area contributed by atoms with Gasteiger partial charge in [-0.2, -0.15) is 0 Å². The van der Waals surface area contributed by atoms with Gasteiger partial charge in [0.15, 0.2) is 0 Å². The first-order chi connectivity index (χ1) is 8.29. The third kappa shape index (κ3) is 3.20. The van der Waals surface area contributed by atoms with Crippen molar-refractivity contribution >= 4 is 5.91 Å². The lowest BCUT2D eigenvalue weighted by molar-refractivity contribution is -0.122. The Hall–Kier alpha value is -1.55. The first-order valence-corrected chi connectivity index (χ1v) is 5.93. The molecule has 1 aliphatic rings. The Kier molecular flexibility index (Phi) is 3.98. The minimum absolute atomic E-state index is 0.00625. The average Bonchev–Trinajstić information content (AvgIpc) is 2.90. The van der Waals surface area contributed by atoms with Gasteiger partial charge in [-0.3, -0.25) is 4.79 Å². The Labute approximate surface area is 101 Å². The number of nitrogens with one attached hydrogen (secondary N) is 2. The van der Waals surface area contributed by atoms with Crippen molar-refractivity contribution in [3.8, 4) is 5.75 Å². The maximum absolute atomic E-state index is 11.7. The molecule has 0 spiro atoms. The molecule has 1 saturated heterocycles. The van der Waals surface area contributed by atoms with Crippen molar-refractivity contribution in [3.05, 3.63) is 29.8 Å². The molecule has 1 amide bonds. The minimum Gasteiger partial charge on any atom is -0.497 e. The quantitative estimate of drug-likeness (QED) is 0.819. The lowest BCUT2D eigenvalue weighted by Gasteiger charge is -2.11. The van der Waals surface area contributed by atoms with Crippen molar-refractivity contribution in [2.75, 3.05) is 13.7 Å². The van der Waals surface area contributed by atoms with Crippen molar-refractivity contribution in [1.29, 1.82) is 0 Å². The summed E-state index contributed by atoms with van der Waals surface area (Å²) in [5, 5.41) is 6.11. The molecule has 0 unspecified atom stereocenters. The second-order valence-electron chi connectivity index (χ2n) is 4.21. The summed E-state index contributed by atoms with van der Waals surface area (Å²) >= 11 is 0. The summed E-state index contributed by atoms with van der Waals surface area (Å²) in [5.74, 6) is 0.927. The maximum atomic E-state index is 11.7. The summed E-state index contributed by atoms with van der Waals surface area (Å²) < 4.78 is 5.08. The van der Waals surface area contributed by atoms with Gasteiger partial charge in [0.1, 0.15) is 5.75 Å². The van der Waals surface area contributed by atoms with Crippen LogP contribution in [-0.2, 0) is 11.3 Å². The number of hydrogen-bond donors (Lipinski definition) is 2. The number of rotatable bonds is 4. The molecule has 0 bridgehead atoms. The molecule has 1 heterocycles. The third-order valence-corrected chi connectivity index (χ3v) is 3.00. The van der Waals surface area contributed by atoms with E-state index in [0.29, 0.717) is 6.54 Å². The van der Waals surface area contributed by atoms with Gasteiger partial charge in [0.25, 0.3) is 0 Å². The van der Waals surface area contributed by atoms with Gasteiger partial charge in [0, 0.05) is 6.54 Å². The predicted octanol–water partition coefficient (Wildman–Crippen LogP) is 1.06. The first-order valence-electron chi connectivity index (χ1n) is 5.93. The Bertz CT molecular complexity index is 370. The van der Waals surface area contributed by atoms with Gasteiger partial charge in [-0.05, 0) is 37.1 Å². The lowest BCUT2D eigenvalue weighted by Crippen LogP contribution is -2.39. The highest BCUT2D eigenvalue weighted by Crippen LogP contribution is 2.11. The Morgan fingerprint density at radius 3 is 2.82 bits per heavy atom. The van der Waals surface area contributed by atoms with E-state index in [1.54, 1.807) is 7.11 Å². The van der Waals surface area contributed by atoms with Gasteiger partial charge in [-0.25, -0.2) is 0 Å². The largest absolute Gasteiger partial charge is 0.497 e. The molecule has 0 aromatic heterocycles. The van der Waals surface area contributed by atoms with Crippen molar-refractivity contribution in [1.82, 2.24) is 10.6 Å². The van der Waals surface area contributed by atoms with Crippen molar-refractivity contribution < 1.29 is 9.53 Å². The van der Waals surface area contributed by atoms with E-state index in [-0.39, 0.29) is 11.9 Å². The van der Waals surface area contributed by atoms with Crippen molar-refractivity contribution in [3.63, 3.8) is 0 Å². The van der Waals surface area contributed by atoms with E-state index in [1.165, 1.54) is 0 Å². The van der Waals surface area contributed by atoms with E-state index in [9.17, 15) is 4.79 Å². The van der Waals surface area contributed by atoms with Crippen molar-refractivity contribution in [2.24, 2.45) is 0 Å². The highest BCUT2D eigenvalue weighted by Gasteiger charge is 2.21. The van der Waals surface area contributed by atoms with Crippen LogP contribution in [0.2, 0.25) is 0 Å². The molecule has 0 saturated carbocycles. The molecule has 4 nitrogen and oxygen atoms in total. The number of hydrogen-bond acceptors (Lipinski definition) is 3. The van der Waals surface area contributed by atoms with Crippen LogP contribution < -0.4 is 15.4 Å². The van der Waals surface area contributed by atoms with Crippen LogP contribution in [0.25, 0.3) is 0 Å². The summed E-state index contributed by atoms with van der Waals surface area (Å²) in [5.41, 5.74) is 1.08. The van der Waals surface area contributed by atoms with Crippen LogP contribution in [-0.4, -0.2) is 25.6 Å². The zero-order valence-electron chi connectivity index (χ0n) is 10.0. The molecule has 1 aliphatic heterocycles. The van der Waals surface area contributed by atoms with Gasteiger partial charge in [0.05, 0.1) is 13.2 Å². The zero-order valence-corrected chi connectivity index (χ0v) is 10.0. The smallest absolute Gasteiger partial charge is 0.237 e. The SMILES string of the molecule is COc1ccc(CNC(=O)[C@H]2CCCN2)cc1. The molecule has 92 valence electrons. The first kappa shape index (κ1) is 11.9. The Morgan fingerprint density at radius 2 is 2.24 bits per heavy atom. The normalized spacial score (nSPS) is 19.0. The fraction of sp³-hybridized carbons (Fsp3) is 0.462. The second kappa shape index (κ2) is 5.68. The third-order valence-electron chi connectivity index (χ3n) is 3.00. The predicted molar refractivity (Wildman–Crippen MR) is 65.9 cm³/mol. The summed E-state index contributed by atoms with van der Waals surface area (Å²) in [6.45, 7) is 1.52. The van der Waals surface area contributed by atoms with E-state index in [1.807, 2.05) is 24.3 Å². The number of methoxy groups -OCH3 is 1. The molecule has 2 rings (SSSR count). The molecule has 2 N–H and O–H groups in total. The number of carbonyl (C=O) groups excluding carboxylic acids is 1. The summed E-state index contributed by atoms with van der Waals surface area (Å²) in [4.78, 5) is 11.7. The van der Waals surface area contributed by atoms with E-state index in [2.05, 4.69) is 10.6 Å². The highest BCUT2D eigenvalue weighted by atomic mass is 16.5. The molecule has 17 heavy (non-hydrogen) atoms. The van der Waals surface area contributed by atoms with E-state index < -0.39 is 0 Å². The summed E-state index contributed by atoms with van der Waals surface area (Å²) in [7, 11) is 1.64. The van der Waals surface area contributed by atoms with Crippen LogP contribution in [0.1, 0.15) is 18.4 Å². The Balaban J connectivity index is 1.82. The van der Waals surface area contributed by atoms with Crippen LogP contribution in [0.5, 0.6) is 5.75 Å². The van der Waals surface area contributed by atoms with Crippen LogP contribution in [0, 0.1) is 0 Å². The molecule has 1 aromatic rings. The van der Waals surface area contributed by atoms with E-state index >= 15 is 0 Å². The maximum Gasteiger partial charge on any atom is 0.237 e. The van der Waals surface area contributed by atoms with E-state index in [4.69, 9.17) is 4.74 Å². The number of ether oxygens (including phenoxy) is 1. The fourth-order valence-corrected chi connectivity index (χ4v) is 1.96. The van der Waals surface area contributed by atoms with Crippen LogP contribution in [0.3, 0.4) is 0 Å². The van der Waals surface area contributed by atoms with Gasteiger partial charge >= 0.3 is 0 Å². The summed E-state index contributed by atoms with van der Waals surface area (Å²) in [6.07, 6.45) is 2.02. The molecular weight excluding hydrogens is 216 g/mol. The van der Waals surface area contributed by atoms with Crippen LogP contribution >= 0.6 is 0 Å². The molecule has 1 atom stereocenters. The van der Waals surface area contributed by atoms with Crippen LogP contribution in [0.15, 0.2) is 24.3 Å². The topological polar surface area (TPSA) is 50.4 Å². The average molecular weight is 234 g/mol. The van der Waals surface area contributed by atoms with Gasteiger partial charge < -0.3 is 15.4 Å². The van der Waals surface area contributed by atoms with Gasteiger partial charge in [-0.1, -0.05) is 12.1 Å². The zero-order chi connectivity index (χ0) is 12.1. The lowest BCUT2D eigenvalue weighted by atomic mass is 10.2. The minimum atomic E-state index is -0.00625. The number of amides is 1. The standard InChI is InChI=1S/C13H18N2O2/c1-17-11-6-4-10(5-7-11)9-15-13(16)12-3-2-8-14-12/h4-7,12,14H,2-3,8-9H2,1H3,(H,15,16)/t12-/m1/s1. The molecule has 4 heteroatoms. The molecule has 0 aliphatic carbocycles. The fourth-order valence-electron chi connectivity index (χ4n) is 1.96. The van der Waals surface area contributed by atoms with E-state index in [0.717, 1.165) is 30.7 Å². The highest BCUT2D eigenvalue weighted by molar-refractivity contribution is 5.81. The Morgan fingerprint density at radius 1 is 1.47 bits per heavy atom. The number of benzene rings is 1. The van der Waals surface area contributed by atoms with Crippen LogP contribution in [0.4, 0.5) is 0 Å². The van der Waals surface area contributed by atoms with Gasteiger partial charge in [0.2, 0.25) is 5.91 Å². The molecular formula is C13H18N2O2. The number of carbonyl (C=O) groups is 1. The monoisotopic (exact) mass is 234 g/mol. The second-order valence-corrected chi connectivity index (χ2v) is 4.21. The molecule has 1 fully saturated rings. The molecule has 1 aromatic carbocycles. The summed E-state index contributed by atoms with van der Waals surface area (Å²) in [6, 6.07) is 7.71. The molecule has 0 radical (unpaired) electrons. The van der Waals surface area contributed by atoms with Crippen molar-refractivity contribution in [2.45, 2.75) is 25.4 Å².